The van der Waals surface area contributed by atoms with Crippen LogP contribution in [0.4, 0.5) is 5.69 Å². The third-order valence-corrected chi connectivity index (χ3v) is 3.07. The molecule has 0 saturated carbocycles. The molecule has 5 nitrogen and oxygen atoms in total. The summed E-state index contributed by atoms with van der Waals surface area (Å²) in [5.74, 6) is 0.536. The van der Waals surface area contributed by atoms with Crippen molar-refractivity contribution in [1.29, 1.82) is 0 Å². The van der Waals surface area contributed by atoms with Gasteiger partial charge in [-0.25, -0.2) is 0 Å². The Kier molecular flexibility index (Phi) is 6.61. The number of halogens is 1. The highest BCUT2D eigenvalue weighted by Crippen LogP contribution is 2.25. The molecule has 1 aromatic carbocycles. The number of hydrogen-bond acceptors (Lipinski definition) is 4. The van der Waals surface area contributed by atoms with Crippen molar-refractivity contribution in [2.75, 3.05) is 31.7 Å². The number of amidine groups is 1. The molecule has 6 heteroatoms. The first kappa shape index (κ1) is 16.6. The summed E-state index contributed by atoms with van der Waals surface area (Å²) in [7, 11) is 1.66. The SMILES string of the molecule is COCCN(CC(C)C)c1cc(Cl)ccc1C(N)=NO. The second kappa shape index (κ2) is 7.97. The van der Waals surface area contributed by atoms with Crippen LogP contribution in [0.15, 0.2) is 23.4 Å². The maximum absolute atomic E-state index is 8.91. The van der Waals surface area contributed by atoms with Gasteiger partial charge in [-0.3, -0.25) is 0 Å². The van der Waals surface area contributed by atoms with Crippen molar-refractivity contribution in [3.8, 4) is 0 Å². The number of hydrogen-bond donors (Lipinski definition) is 2. The van der Waals surface area contributed by atoms with Gasteiger partial charge in [0, 0.05) is 36.5 Å². The fourth-order valence-electron chi connectivity index (χ4n) is 1.99. The Labute approximate surface area is 125 Å². The lowest BCUT2D eigenvalue weighted by Gasteiger charge is -2.28. The van der Waals surface area contributed by atoms with E-state index < -0.39 is 0 Å². The van der Waals surface area contributed by atoms with Crippen LogP contribution in [0.1, 0.15) is 19.4 Å². The third-order valence-electron chi connectivity index (χ3n) is 2.84. The highest BCUT2D eigenvalue weighted by molar-refractivity contribution is 6.31. The Balaban J connectivity index is 3.18. The van der Waals surface area contributed by atoms with Crippen LogP contribution in [0.5, 0.6) is 0 Å². The highest BCUT2D eigenvalue weighted by Gasteiger charge is 2.15. The van der Waals surface area contributed by atoms with Gasteiger partial charge in [-0.05, 0) is 24.1 Å². The van der Waals surface area contributed by atoms with Crippen molar-refractivity contribution in [2.45, 2.75) is 13.8 Å². The number of nitrogens with zero attached hydrogens (tertiary/aromatic N) is 2. The summed E-state index contributed by atoms with van der Waals surface area (Å²) in [5, 5.41) is 12.6. The van der Waals surface area contributed by atoms with E-state index in [1.807, 2.05) is 6.07 Å². The summed E-state index contributed by atoms with van der Waals surface area (Å²) < 4.78 is 5.15. The predicted octanol–water partition coefficient (Wildman–Crippen LogP) is 2.54. The first-order valence-corrected chi connectivity index (χ1v) is 6.88. The fourth-order valence-corrected chi connectivity index (χ4v) is 2.16. The Morgan fingerprint density at radius 3 is 2.75 bits per heavy atom. The molecular weight excluding hydrogens is 278 g/mol. The molecule has 0 amide bonds. The number of benzene rings is 1. The van der Waals surface area contributed by atoms with Crippen molar-refractivity contribution in [3.63, 3.8) is 0 Å². The lowest BCUT2D eigenvalue weighted by atomic mass is 10.1. The molecule has 0 bridgehead atoms. The van der Waals surface area contributed by atoms with Gasteiger partial charge >= 0.3 is 0 Å². The second-order valence-corrected chi connectivity index (χ2v) is 5.42. The maximum Gasteiger partial charge on any atom is 0.172 e. The van der Waals surface area contributed by atoms with E-state index in [0.29, 0.717) is 29.7 Å². The van der Waals surface area contributed by atoms with Crippen molar-refractivity contribution >= 4 is 23.1 Å². The van der Waals surface area contributed by atoms with Gasteiger partial charge in [-0.15, -0.1) is 0 Å². The minimum absolute atomic E-state index is 0.0721. The Bertz CT molecular complexity index is 464. The quantitative estimate of drug-likeness (QED) is 0.351. The molecule has 0 aliphatic carbocycles. The molecule has 0 saturated heterocycles. The van der Waals surface area contributed by atoms with Crippen LogP contribution in [0.3, 0.4) is 0 Å². The molecule has 0 radical (unpaired) electrons. The van der Waals surface area contributed by atoms with Crippen LogP contribution in [-0.2, 0) is 4.74 Å². The smallest absolute Gasteiger partial charge is 0.172 e. The molecule has 3 N–H and O–H groups in total. The highest BCUT2D eigenvalue weighted by atomic mass is 35.5. The van der Waals surface area contributed by atoms with Gasteiger partial charge < -0.3 is 20.6 Å². The van der Waals surface area contributed by atoms with Crippen LogP contribution in [0.25, 0.3) is 0 Å². The fraction of sp³-hybridized carbons (Fsp3) is 0.500. The third kappa shape index (κ3) is 4.58. The second-order valence-electron chi connectivity index (χ2n) is 4.98. The first-order valence-electron chi connectivity index (χ1n) is 6.51. The van der Waals surface area contributed by atoms with E-state index in [1.54, 1.807) is 19.2 Å². The summed E-state index contributed by atoms with van der Waals surface area (Å²) in [6, 6.07) is 5.31. The normalized spacial score (nSPS) is 11.9. The van der Waals surface area contributed by atoms with Crippen LogP contribution in [0, 0.1) is 5.92 Å². The summed E-state index contributed by atoms with van der Waals surface area (Å²) in [4.78, 5) is 2.13. The Morgan fingerprint density at radius 2 is 2.20 bits per heavy atom. The molecule has 0 heterocycles. The van der Waals surface area contributed by atoms with E-state index in [9.17, 15) is 0 Å². The van der Waals surface area contributed by atoms with Gasteiger partial charge in [0.15, 0.2) is 5.84 Å². The van der Waals surface area contributed by atoms with Crippen molar-refractivity contribution in [2.24, 2.45) is 16.8 Å². The van der Waals surface area contributed by atoms with Gasteiger partial charge in [0.2, 0.25) is 0 Å². The monoisotopic (exact) mass is 299 g/mol. The topological polar surface area (TPSA) is 71.1 Å². The molecule has 0 spiro atoms. The van der Waals surface area contributed by atoms with Gasteiger partial charge in [0.1, 0.15) is 0 Å². The summed E-state index contributed by atoms with van der Waals surface area (Å²) in [6.45, 7) is 6.39. The predicted molar refractivity (Wildman–Crippen MR) is 82.9 cm³/mol. The summed E-state index contributed by atoms with van der Waals surface area (Å²) in [6.07, 6.45) is 0. The average Bonchev–Trinajstić information content (AvgIpc) is 2.42. The molecule has 1 rings (SSSR count). The molecule has 112 valence electrons. The largest absolute Gasteiger partial charge is 0.409 e. The Morgan fingerprint density at radius 1 is 1.50 bits per heavy atom. The maximum atomic E-state index is 8.91. The Hall–Kier alpha value is -1.46. The van der Waals surface area contributed by atoms with E-state index in [0.717, 1.165) is 12.2 Å². The van der Waals surface area contributed by atoms with Gasteiger partial charge in [0.25, 0.3) is 0 Å². The number of oxime groups is 1. The van der Waals surface area contributed by atoms with Gasteiger partial charge in [-0.2, -0.15) is 0 Å². The van der Waals surface area contributed by atoms with E-state index in [1.165, 1.54) is 0 Å². The minimum Gasteiger partial charge on any atom is -0.409 e. The molecule has 0 fully saturated rings. The zero-order valence-corrected chi connectivity index (χ0v) is 12.9. The molecule has 0 unspecified atom stereocenters. The number of rotatable bonds is 7. The van der Waals surface area contributed by atoms with Crippen LogP contribution < -0.4 is 10.6 Å². The number of ether oxygens (including phenoxy) is 1. The van der Waals surface area contributed by atoms with E-state index in [-0.39, 0.29) is 5.84 Å². The first-order chi connectivity index (χ1) is 9.49. The molecule has 0 aromatic heterocycles. The summed E-state index contributed by atoms with van der Waals surface area (Å²) in [5.41, 5.74) is 7.25. The lowest BCUT2D eigenvalue weighted by molar-refractivity contribution is 0.204. The number of methoxy groups -OCH3 is 1. The molecule has 0 atom stereocenters. The van der Waals surface area contributed by atoms with Gasteiger partial charge in [-0.1, -0.05) is 30.6 Å². The van der Waals surface area contributed by atoms with Crippen molar-refractivity contribution in [1.82, 2.24) is 0 Å². The zero-order chi connectivity index (χ0) is 15.1. The molecule has 0 aliphatic rings. The van der Waals surface area contributed by atoms with Crippen molar-refractivity contribution < 1.29 is 9.94 Å². The summed E-state index contributed by atoms with van der Waals surface area (Å²) >= 11 is 6.08. The molecule has 1 aromatic rings. The number of nitrogens with two attached hydrogens (primary N) is 1. The van der Waals surface area contributed by atoms with Crippen LogP contribution in [-0.4, -0.2) is 37.8 Å². The van der Waals surface area contributed by atoms with Gasteiger partial charge in [0.05, 0.1) is 6.61 Å². The molecular formula is C14H22ClN3O2. The van der Waals surface area contributed by atoms with Crippen molar-refractivity contribution in [3.05, 3.63) is 28.8 Å². The molecule has 0 aliphatic heterocycles. The molecule has 20 heavy (non-hydrogen) atoms. The van der Waals surface area contributed by atoms with Crippen LogP contribution >= 0.6 is 11.6 Å². The van der Waals surface area contributed by atoms with E-state index in [2.05, 4.69) is 23.9 Å². The minimum atomic E-state index is 0.0721. The standard InChI is InChI=1S/C14H22ClN3O2/c1-10(2)9-18(6-7-20-3)13-8-11(15)4-5-12(13)14(16)17-19/h4-5,8,10,19H,6-7,9H2,1-3H3,(H2,16,17). The average molecular weight is 300 g/mol. The van der Waals surface area contributed by atoms with E-state index >= 15 is 0 Å². The number of anilines is 1. The van der Waals surface area contributed by atoms with Crippen LogP contribution in [0.2, 0.25) is 5.02 Å². The lowest BCUT2D eigenvalue weighted by Crippen LogP contribution is -2.33. The zero-order valence-electron chi connectivity index (χ0n) is 12.1. The van der Waals surface area contributed by atoms with E-state index in [4.69, 9.17) is 27.3 Å².